The van der Waals surface area contributed by atoms with Gasteiger partial charge in [0.25, 0.3) is 0 Å². The summed E-state index contributed by atoms with van der Waals surface area (Å²) in [4.78, 5) is 28.5. The summed E-state index contributed by atoms with van der Waals surface area (Å²) in [6, 6.07) is 0. The maximum absolute atomic E-state index is 13.8. The molecule has 2 aromatic heterocycles. The number of nitrogens with zero attached hydrogens (tertiary/aromatic N) is 4. The van der Waals surface area contributed by atoms with E-state index in [1.54, 1.807) is 18.0 Å². The van der Waals surface area contributed by atoms with Crippen LogP contribution < -0.4 is 0 Å². The first kappa shape index (κ1) is 20.4. The van der Waals surface area contributed by atoms with Crippen molar-refractivity contribution in [2.75, 3.05) is 13.1 Å². The van der Waals surface area contributed by atoms with Crippen molar-refractivity contribution in [3.8, 4) is 0 Å². The molecule has 0 atom stereocenters. The van der Waals surface area contributed by atoms with Crippen LogP contribution in [-0.4, -0.2) is 38.4 Å². The van der Waals surface area contributed by atoms with Crippen LogP contribution in [0.5, 0.6) is 0 Å². The number of nitro groups is 1. The average Bonchev–Trinajstić information content (AvgIpc) is 3.34. The molecule has 3 heterocycles. The van der Waals surface area contributed by atoms with Gasteiger partial charge in [-0.1, -0.05) is 18.9 Å². The van der Waals surface area contributed by atoms with Gasteiger partial charge in [0, 0.05) is 43.2 Å². The quantitative estimate of drug-likeness (QED) is 0.545. The Morgan fingerprint density at radius 2 is 2.00 bits per heavy atom. The van der Waals surface area contributed by atoms with Crippen LogP contribution in [0.4, 0.5) is 18.9 Å². The third kappa shape index (κ3) is 3.44. The highest BCUT2D eigenvalue weighted by molar-refractivity contribution is 5.96. The van der Waals surface area contributed by atoms with Crippen molar-refractivity contribution in [1.82, 2.24) is 14.5 Å². The fourth-order valence-electron chi connectivity index (χ4n) is 4.55. The average molecular weight is 422 g/mol. The molecule has 30 heavy (non-hydrogen) atoms. The van der Waals surface area contributed by atoms with Crippen LogP contribution in [0.2, 0.25) is 0 Å². The molecule has 10 heteroatoms. The van der Waals surface area contributed by atoms with Crippen molar-refractivity contribution in [3.63, 3.8) is 0 Å². The van der Waals surface area contributed by atoms with Crippen LogP contribution in [0.25, 0.3) is 16.6 Å². The van der Waals surface area contributed by atoms with E-state index in [0.29, 0.717) is 31.3 Å². The van der Waals surface area contributed by atoms with Crippen molar-refractivity contribution in [2.24, 2.45) is 13.0 Å². The maximum Gasteiger partial charge on any atom is 0.423 e. The van der Waals surface area contributed by atoms with Crippen molar-refractivity contribution >= 4 is 28.2 Å². The van der Waals surface area contributed by atoms with Crippen LogP contribution in [0.1, 0.15) is 43.2 Å². The smallest absolute Gasteiger partial charge is 0.338 e. The van der Waals surface area contributed by atoms with E-state index in [1.165, 1.54) is 10.8 Å². The number of pyridine rings is 1. The third-order valence-corrected chi connectivity index (χ3v) is 6.02. The number of carbonyl (C=O) groups is 1. The summed E-state index contributed by atoms with van der Waals surface area (Å²) in [5.74, 6) is 0.148. The van der Waals surface area contributed by atoms with Crippen molar-refractivity contribution in [2.45, 2.75) is 38.3 Å². The van der Waals surface area contributed by atoms with Crippen LogP contribution in [0.3, 0.4) is 0 Å². The molecule has 0 radical (unpaired) electrons. The highest BCUT2D eigenvalue weighted by atomic mass is 19.4. The van der Waals surface area contributed by atoms with E-state index in [2.05, 4.69) is 4.98 Å². The largest absolute Gasteiger partial charge is 0.423 e. The monoisotopic (exact) mass is 422 g/mol. The molecule has 0 aromatic carbocycles. The molecule has 2 aromatic rings. The summed E-state index contributed by atoms with van der Waals surface area (Å²) in [6.07, 6.45) is 3.30. The molecule has 0 N–H and O–H groups in total. The van der Waals surface area contributed by atoms with Crippen molar-refractivity contribution in [1.29, 1.82) is 0 Å². The second-order valence-corrected chi connectivity index (χ2v) is 7.87. The molecule has 1 fully saturated rings. The number of rotatable bonds is 3. The van der Waals surface area contributed by atoms with Crippen molar-refractivity contribution in [3.05, 3.63) is 39.7 Å². The Labute approximate surface area is 170 Å². The van der Waals surface area contributed by atoms with E-state index in [4.69, 9.17) is 0 Å². The predicted octanol–water partition coefficient (Wildman–Crippen LogP) is 4.31. The number of hydrogen-bond donors (Lipinski definition) is 0. The van der Waals surface area contributed by atoms with Gasteiger partial charge in [0.1, 0.15) is 17.4 Å². The third-order valence-electron chi connectivity index (χ3n) is 6.02. The summed E-state index contributed by atoms with van der Waals surface area (Å²) >= 11 is 0. The van der Waals surface area contributed by atoms with Gasteiger partial charge in [-0.25, -0.2) is 4.98 Å². The number of carbonyl (C=O) groups excluding carboxylic acids is 1. The van der Waals surface area contributed by atoms with Crippen molar-refractivity contribution < 1.29 is 22.9 Å². The van der Waals surface area contributed by atoms with Crippen LogP contribution in [0.15, 0.2) is 18.5 Å². The Bertz CT molecular complexity index is 1050. The molecular formula is C20H21F3N4O3. The Balaban J connectivity index is 1.75. The molecule has 2 aliphatic rings. The van der Waals surface area contributed by atoms with Gasteiger partial charge in [0.2, 0.25) is 5.91 Å². The second kappa shape index (κ2) is 7.41. The standard InChI is InChI=1S/C20H21F3N4O3/c1-25-11-14(12-6-8-26(9-7-12)19(28)13-4-2-3-5-13)16-17(20(21,22)23)15(27(29)30)10-24-18(16)25/h6,10-11,13H,2-5,7-9H2,1H3. The zero-order valence-corrected chi connectivity index (χ0v) is 16.4. The van der Waals surface area contributed by atoms with E-state index < -0.39 is 22.4 Å². The van der Waals surface area contributed by atoms with Gasteiger partial charge >= 0.3 is 11.9 Å². The van der Waals surface area contributed by atoms with E-state index in [-0.39, 0.29) is 28.4 Å². The highest BCUT2D eigenvalue weighted by Crippen LogP contribution is 2.44. The highest BCUT2D eigenvalue weighted by Gasteiger charge is 2.42. The summed E-state index contributed by atoms with van der Waals surface area (Å²) in [5, 5.41) is 11.0. The Kier molecular flexibility index (Phi) is 5.03. The first-order chi connectivity index (χ1) is 14.2. The van der Waals surface area contributed by atoms with Gasteiger partial charge in [-0.05, 0) is 24.8 Å². The molecule has 0 unspecified atom stereocenters. The van der Waals surface area contributed by atoms with Crippen LogP contribution in [0, 0.1) is 16.0 Å². The van der Waals surface area contributed by atoms with Gasteiger partial charge in [0.05, 0.1) is 4.92 Å². The van der Waals surface area contributed by atoms with Gasteiger partial charge in [0.15, 0.2) is 0 Å². The fraction of sp³-hybridized carbons (Fsp3) is 0.500. The first-order valence-electron chi connectivity index (χ1n) is 9.86. The van der Waals surface area contributed by atoms with Gasteiger partial charge < -0.3 is 9.47 Å². The number of aromatic nitrogens is 2. The van der Waals surface area contributed by atoms with Crippen LogP contribution in [-0.2, 0) is 18.0 Å². The lowest BCUT2D eigenvalue weighted by molar-refractivity contribution is -0.388. The molecule has 1 amide bonds. The molecule has 7 nitrogen and oxygen atoms in total. The van der Waals surface area contributed by atoms with E-state index in [0.717, 1.165) is 25.7 Å². The molecule has 1 aliphatic heterocycles. The first-order valence-corrected chi connectivity index (χ1v) is 9.86. The minimum absolute atomic E-state index is 0.0355. The number of fused-ring (bicyclic) bond motifs is 1. The van der Waals surface area contributed by atoms with Gasteiger partial charge in [-0.3, -0.25) is 14.9 Å². The lowest BCUT2D eigenvalue weighted by atomic mass is 9.96. The van der Waals surface area contributed by atoms with Crippen LogP contribution >= 0.6 is 0 Å². The topological polar surface area (TPSA) is 81.3 Å². The lowest BCUT2D eigenvalue weighted by Gasteiger charge is -2.29. The fourth-order valence-corrected chi connectivity index (χ4v) is 4.55. The van der Waals surface area contributed by atoms with Gasteiger partial charge in [-0.2, -0.15) is 13.2 Å². The Hall–Kier alpha value is -2.91. The molecule has 1 saturated carbocycles. The minimum atomic E-state index is -4.90. The molecule has 0 saturated heterocycles. The normalized spacial score (nSPS) is 18.1. The van der Waals surface area contributed by atoms with E-state index in [9.17, 15) is 28.1 Å². The SMILES string of the molecule is Cn1cc(C2=CCN(C(=O)C3CCCC3)CC2)c2c(C(F)(F)F)c([N+](=O)[O-])cnc21. The maximum atomic E-state index is 13.8. The second-order valence-electron chi connectivity index (χ2n) is 7.87. The Morgan fingerprint density at radius 1 is 1.30 bits per heavy atom. The molecule has 1 aliphatic carbocycles. The predicted molar refractivity (Wildman–Crippen MR) is 104 cm³/mol. The summed E-state index contributed by atoms with van der Waals surface area (Å²) in [6.45, 7) is 0.742. The van der Waals surface area contributed by atoms with E-state index >= 15 is 0 Å². The molecular weight excluding hydrogens is 401 g/mol. The zero-order chi connectivity index (χ0) is 21.6. The lowest BCUT2D eigenvalue weighted by Crippen LogP contribution is -2.38. The molecule has 0 bridgehead atoms. The number of halogens is 3. The summed E-state index contributed by atoms with van der Waals surface area (Å²) < 4.78 is 42.9. The van der Waals surface area contributed by atoms with E-state index in [1.807, 2.05) is 0 Å². The summed E-state index contributed by atoms with van der Waals surface area (Å²) in [7, 11) is 1.56. The number of hydrogen-bond acceptors (Lipinski definition) is 4. The number of alkyl halides is 3. The minimum Gasteiger partial charge on any atom is -0.338 e. The number of aryl methyl sites for hydroxylation is 1. The molecule has 4 rings (SSSR count). The summed E-state index contributed by atoms with van der Waals surface area (Å²) in [5.41, 5.74) is -1.38. The Morgan fingerprint density at radius 3 is 2.57 bits per heavy atom. The molecule has 160 valence electrons. The molecule has 0 spiro atoms. The van der Waals surface area contributed by atoms with Gasteiger partial charge in [-0.15, -0.1) is 0 Å². The number of amides is 1. The zero-order valence-electron chi connectivity index (χ0n) is 16.4.